The Morgan fingerprint density at radius 3 is 2.57 bits per heavy atom. The first-order chi connectivity index (χ1) is 9.95. The van der Waals surface area contributed by atoms with Gasteiger partial charge in [0, 0.05) is 15.9 Å². The van der Waals surface area contributed by atoms with Gasteiger partial charge in [-0.1, -0.05) is 45.7 Å². The van der Waals surface area contributed by atoms with Crippen LogP contribution >= 0.6 is 27.5 Å². The molecular formula is C17H16BrClO2. The Bertz CT molecular complexity index is 695. The fourth-order valence-electron chi connectivity index (χ4n) is 2.35. The summed E-state index contributed by atoms with van der Waals surface area (Å²) in [5, 5.41) is 0.606. The molecule has 0 radical (unpaired) electrons. The van der Waals surface area contributed by atoms with Crippen molar-refractivity contribution in [1.82, 2.24) is 0 Å². The molecule has 0 unspecified atom stereocenters. The number of ether oxygens (including phenoxy) is 1. The maximum atomic E-state index is 12.7. The van der Waals surface area contributed by atoms with Gasteiger partial charge in [-0.05, 0) is 42.7 Å². The summed E-state index contributed by atoms with van der Waals surface area (Å²) in [6.45, 7) is 3.83. The third-order valence-electron chi connectivity index (χ3n) is 3.45. The first-order valence-electron chi connectivity index (χ1n) is 6.56. The molecule has 0 saturated heterocycles. The van der Waals surface area contributed by atoms with E-state index in [1.807, 2.05) is 38.1 Å². The Balaban J connectivity index is 2.47. The summed E-state index contributed by atoms with van der Waals surface area (Å²) < 4.78 is 6.33. The number of aryl methyl sites for hydroxylation is 1. The van der Waals surface area contributed by atoms with Crippen molar-refractivity contribution < 1.29 is 9.53 Å². The minimum Gasteiger partial charge on any atom is -0.496 e. The summed E-state index contributed by atoms with van der Waals surface area (Å²) in [6, 6.07) is 9.35. The van der Waals surface area contributed by atoms with Crippen LogP contribution in [0.2, 0.25) is 5.02 Å². The Morgan fingerprint density at radius 2 is 1.95 bits per heavy atom. The zero-order valence-corrected chi connectivity index (χ0v) is 14.5. The average Bonchev–Trinajstić information content (AvgIpc) is 2.44. The molecule has 2 rings (SSSR count). The first kappa shape index (κ1) is 16.1. The molecule has 0 N–H and O–H groups in total. The number of carbonyl (C=O) groups is 1. The topological polar surface area (TPSA) is 26.3 Å². The van der Waals surface area contributed by atoms with E-state index in [9.17, 15) is 4.79 Å². The molecule has 0 aliphatic rings. The molecular weight excluding hydrogens is 352 g/mol. The Morgan fingerprint density at radius 1 is 1.29 bits per heavy atom. The SMILES string of the molecule is COc1c(C)cc(Br)c(C)c1C(=O)Cc1ccccc1Cl. The molecule has 0 aliphatic carbocycles. The van der Waals surface area contributed by atoms with E-state index >= 15 is 0 Å². The number of benzene rings is 2. The molecule has 0 aromatic heterocycles. The van der Waals surface area contributed by atoms with E-state index in [0.29, 0.717) is 16.3 Å². The molecule has 0 spiro atoms. The molecule has 21 heavy (non-hydrogen) atoms. The molecule has 2 aromatic rings. The fourth-order valence-corrected chi connectivity index (χ4v) is 3.10. The van der Waals surface area contributed by atoms with Crippen LogP contribution in [0, 0.1) is 13.8 Å². The zero-order valence-electron chi connectivity index (χ0n) is 12.2. The van der Waals surface area contributed by atoms with Crippen LogP contribution in [-0.4, -0.2) is 12.9 Å². The van der Waals surface area contributed by atoms with Crippen molar-refractivity contribution in [2.24, 2.45) is 0 Å². The molecule has 0 bridgehead atoms. The van der Waals surface area contributed by atoms with E-state index in [2.05, 4.69) is 15.9 Å². The smallest absolute Gasteiger partial charge is 0.171 e. The first-order valence-corrected chi connectivity index (χ1v) is 7.73. The standard InChI is InChI=1S/C17H16BrClO2/c1-10-8-13(18)11(2)16(17(10)21-3)15(20)9-12-6-4-5-7-14(12)19/h4-8H,9H2,1-3H3. The summed E-state index contributed by atoms with van der Waals surface area (Å²) in [5.41, 5.74) is 3.25. The maximum absolute atomic E-state index is 12.7. The van der Waals surface area contributed by atoms with Crippen LogP contribution in [0.15, 0.2) is 34.8 Å². The number of methoxy groups -OCH3 is 1. The quantitative estimate of drug-likeness (QED) is 0.698. The number of rotatable bonds is 4. The van der Waals surface area contributed by atoms with Crippen molar-refractivity contribution in [2.45, 2.75) is 20.3 Å². The van der Waals surface area contributed by atoms with Gasteiger partial charge in [-0.2, -0.15) is 0 Å². The van der Waals surface area contributed by atoms with Crippen molar-refractivity contribution in [3.8, 4) is 5.75 Å². The predicted octanol–water partition coefficient (Wildman–Crippen LogP) is 5.15. The van der Waals surface area contributed by atoms with Crippen LogP contribution in [0.4, 0.5) is 0 Å². The van der Waals surface area contributed by atoms with Crippen LogP contribution in [0.1, 0.15) is 27.0 Å². The Labute approximate surface area is 138 Å². The lowest BCUT2D eigenvalue weighted by Gasteiger charge is -2.15. The van der Waals surface area contributed by atoms with Gasteiger partial charge in [0.2, 0.25) is 0 Å². The van der Waals surface area contributed by atoms with Gasteiger partial charge in [-0.15, -0.1) is 0 Å². The van der Waals surface area contributed by atoms with Crippen molar-refractivity contribution in [3.05, 3.63) is 62.1 Å². The second-order valence-electron chi connectivity index (χ2n) is 4.90. The van der Waals surface area contributed by atoms with Gasteiger partial charge in [0.25, 0.3) is 0 Å². The molecule has 110 valence electrons. The number of halogens is 2. The molecule has 0 fully saturated rings. The predicted molar refractivity (Wildman–Crippen MR) is 89.7 cm³/mol. The molecule has 2 nitrogen and oxygen atoms in total. The average molecular weight is 368 g/mol. The van der Waals surface area contributed by atoms with Crippen molar-refractivity contribution in [2.75, 3.05) is 7.11 Å². The van der Waals surface area contributed by atoms with Crippen molar-refractivity contribution >= 4 is 33.3 Å². The Hall–Kier alpha value is -1.32. The molecule has 0 saturated carbocycles. The molecule has 0 heterocycles. The van der Waals surface area contributed by atoms with Crippen LogP contribution in [0.3, 0.4) is 0 Å². The van der Waals surface area contributed by atoms with Gasteiger partial charge in [0.05, 0.1) is 12.7 Å². The lowest BCUT2D eigenvalue weighted by Crippen LogP contribution is -2.10. The lowest BCUT2D eigenvalue weighted by molar-refractivity contribution is 0.0989. The summed E-state index contributed by atoms with van der Waals surface area (Å²) >= 11 is 9.63. The molecule has 0 aliphatic heterocycles. The molecule has 2 aromatic carbocycles. The van der Waals surface area contributed by atoms with Crippen LogP contribution < -0.4 is 4.74 Å². The second-order valence-corrected chi connectivity index (χ2v) is 6.16. The van der Waals surface area contributed by atoms with Crippen LogP contribution in [0.5, 0.6) is 5.75 Å². The lowest BCUT2D eigenvalue weighted by atomic mass is 9.96. The highest BCUT2D eigenvalue weighted by atomic mass is 79.9. The summed E-state index contributed by atoms with van der Waals surface area (Å²) in [4.78, 5) is 12.7. The van der Waals surface area contributed by atoms with Gasteiger partial charge in [0.15, 0.2) is 5.78 Å². The fraction of sp³-hybridized carbons (Fsp3) is 0.235. The molecule has 4 heteroatoms. The number of hydrogen-bond acceptors (Lipinski definition) is 2. The minimum atomic E-state index is 0.00171. The third-order valence-corrected chi connectivity index (χ3v) is 4.65. The highest BCUT2D eigenvalue weighted by Gasteiger charge is 2.20. The van der Waals surface area contributed by atoms with Gasteiger partial charge >= 0.3 is 0 Å². The van der Waals surface area contributed by atoms with Gasteiger partial charge < -0.3 is 4.74 Å². The van der Waals surface area contributed by atoms with Gasteiger partial charge in [-0.25, -0.2) is 0 Å². The summed E-state index contributed by atoms with van der Waals surface area (Å²) in [5.74, 6) is 0.634. The van der Waals surface area contributed by atoms with E-state index in [4.69, 9.17) is 16.3 Å². The van der Waals surface area contributed by atoms with Crippen LogP contribution in [-0.2, 0) is 6.42 Å². The zero-order chi connectivity index (χ0) is 15.6. The van der Waals surface area contributed by atoms with Crippen LogP contribution in [0.25, 0.3) is 0 Å². The van der Waals surface area contributed by atoms with Crippen molar-refractivity contribution in [1.29, 1.82) is 0 Å². The van der Waals surface area contributed by atoms with Gasteiger partial charge in [0.1, 0.15) is 5.75 Å². The monoisotopic (exact) mass is 366 g/mol. The van der Waals surface area contributed by atoms with Crippen molar-refractivity contribution in [3.63, 3.8) is 0 Å². The number of Topliss-reactive ketones (excluding diaryl/α,β-unsaturated/α-hetero) is 1. The number of hydrogen-bond donors (Lipinski definition) is 0. The maximum Gasteiger partial charge on any atom is 0.171 e. The summed E-state index contributed by atoms with van der Waals surface area (Å²) in [7, 11) is 1.59. The van der Waals surface area contributed by atoms with E-state index in [1.54, 1.807) is 13.2 Å². The molecule has 0 atom stereocenters. The third kappa shape index (κ3) is 3.30. The van der Waals surface area contributed by atoms with E-state index in [-0.39, 0.29) is 12.2 Å². The summed E-state index contributed by atoms with van der Waals surface area (Å²) in [6.07, 6.45) is 0.257. The van der Waals surface area contributed by atoms with E-state index in [1.165, 1.54) is 0 Å². The normalized spacial score (nSPS) is 10.5. The highest BCUT2D eigenvalue weighted by Crippen LogP contribution is 2.33. The van der Waals surface area contributed by atoms with E-state index < -0.39 is 0 Å². The number of ketones is 1. The minimum absolute atomic E-state index is 0.00171. The number of carbonyl (C=O) groups excluding carboxylic acids is 1. The molecule has 0 amide bonds. The van der Waals surface area contributed by atoms with E-state index in [0.717, 1.165) is 21.2 Å². The Kier molecular flexibility index (Phi) is 5.07. The largest absolute Gasteiger partial charge is 0.496 e. The highest BCUT2D eigenvalue weighted by molar-refractivity contribution is 9.10. The second kappa shape index (κ2) is 6.63. The van der Waals surface area contributed by atoms with Gasteiger partial charge in [-0.3, -0.25) is 4.79 Å².